The minimum Gasteiger partial charge on any atom is -0.463 e. The second-order valence-electron chi connectivity index (χ2n) is 5.53. The van der Waals surface area contributed by atoms with Crippen LogP contribution in [0.5, 0.6) is 0 Å². The Morgan fingerprint density at radius 1 is 1.19 bits per heavy atom. The molecule has 1 aromatic carbocycles. The molecule has 4 nitrogen and oxygen atoms in total. The summed E-state index contributed by atoms with van der Waals surface area (Å²) in [6, 6.07) is 8.97. The molecule has 0 bridgehead atoms. The van der Waals surface area contributed by atoms with Gasteiger partial charge in [0.05, 0.1) is 5.56 Å². The van der Waals surface area contributed by atoms with Crippen molar-refractivity contribution in [2.24, 2.45) is 0 Å². The molecule has 0 spiro atoms. The first-order chi connectivity index (χ1) is 10.1. The maximum atomic E-state index is 12.1. The van der Waals surface area contributed by atoms with Crippen molar-refractivity contribution in [1.29, 1.82) is 0 Å². The van der Waals surface area contributed by atoms with Crippen molar-refractivity contribution in [3.8, 4) is 0 Å². The van der Waals surface area contributed by atoms with E-state index in [2.05, 4.69) is 0 Å². The number of esters is 2. The van der Waals surface area contributed by atoms with Gasteiger partial charge in [-0.25, -0.2) is 4.79 Å². The summed E-state index contributed by atoms with van der Waals surface area (Å²) in [5, 5.41) is 0. The molecule has 2 unspecified atom stereocenters. The van der Waals surface area contributed by atoms with Crippen LogP contribution in [0, 0.1) is 0 Å². The Kier molecular flexibility index (Phi) is 5.78. The standard InChI is InChI=1S/C17H22O4/c1-13-12-15(10-6-3-7-11-16(18)20-13)21-17(19)14-8-4-2-5-9-14/h2,4-5,8-9,13,15H,3,6-7,10-12H2,1H3. The lowest BCUT2D eigenvalue weighted by atomic mass is 10.0. The fourth-order valence-electron chi connectivity index (χ4n) is 2.54. The second-order valence-corrected chi connectivity index (χ2v) is 5.53. The molecule has 21 heavy (non-hydrogen) atoms. The molecule has 4 heteroatoms. The summed E-state index contributed by atoms with van der Waals surface area (Å²) < 4.78 is 10.9. The predicted molar refractivity (Wildman–Crippen MR) is 78.9 cm³/mol. The van der Waals surface area contributed by atoms with Gasteiger partial charge in [-0.3, -0.25) is 4.79 Å². The van der Waals surface area contributed by atoms with E-state index in [0.717, 1.165) is 25.7 Å². The van der Waals surface area contributed by atoms with Gasteiger partial charge in [0.25, 0.3) is 0 Å². The van der Waals surface area contributed by atoms with Crippen LogP contribution in [0.3, 0.4) is 0 Å². The van der Waals surface area contributed by atoms with Crippen LogP contribution < -0.4 is 0 Å². The molecule has 114 valence electrons. The van der Waals surface area contributed by atoms with Crippen LogP contribution in [0.15, 0.2) is 30.3 Å². The molecular weight excluding hydrogens is 268 g/mol. The lowest BCUT2D eigenvalue weighted by Gasteiger charge is -2.23. The van der Waals surface area contributed by atoms with E-state index >= 15 is 0 Å². The molecule has 1 aromatic rings. The van der Waals surface area contributed by atoms with E-state index < -0.39 is 0 Å². The van der Waals surface area contributed by atoms with E-state index in [0.29, 0.717) is 18.4 Å². The molecule has 0 aromatic heterocycles. The first-order valence-corrected chi connectivity index (χ1v) is 7.60. The van der Waals surface area contributed by atoms with E-state index in [9.17, 15) is 9.59 Å². The molecule has 0 radical (unpaired) electrons. The molecule has 0 N–H and O–H groups in total. The van der Waals surface area contributed by atoms with Crippen LogP contribution >= 0.6 is 0 Å². The van der Waals surface area contributed by atoms with Gasteiger partial charge in [-0.2, -0.15) is 0 Å². The van der Waals surface area contributed by atoms with Crippen molar-refractivity contribution >= 4 is 11.9 Å². The van der Waals surface area contributed by atoms with Crippen LogP contribution in [-0.2, 0) is 14.3 Å². The Hall–Kier alpha value is -1.84. The van der Waals surface area contributed by atoms with E-state index in [-0.39, 0.29) is 24.1 Å². The Balaban J connectivity index is 1.95. The van der Waals surface area contributed by atoms with Gasteiger partial charge in [-0.1, -0.05) is 24.6 Å². The quantitative estimate of drug-likeness (QED) is 0.782. The summed E-state index contributed by atoms with van der Waals surface area (Å²) in [4.78, 5) is 23.6. The van der Waals surface area contributed by atoms with Gasteiger partial charge in [0.1, 0.15) is 12.2 Å². The summed E-state index contributed by atoms with van der Waals surface area (Å²) >= 11 is 0. The monoisotopic (exact) mass is 290 g/mol. The van der Waals surface area contributed by atoms with Crippen molar-refractivity contribution in [1.82, 2.24) is 0 Å². The van der Waals surface area contributed by atoms with Gasteiger partial charge >= 0.3 is 11.9 Å². The number of ether oxygens (including phenoxy) is 2. The molecular formula is C17H22O4. The molecule has 0 aliphatic carbocycles. The molecule has 1 aliphatic heterocycles. The first kappa shape index (κ1) is 15.5. The van der Waals surface area contributed by atoms with Gasteiger partial charge in [0, 0.05) is 12.8 Å². The van der Waals surface area contributed by atoms with E-state index in [4.69, 9.17) is 9.47 Å². The van der Waals surface area contributed by atoms with Crippen LogP contribution in [-0.4, -0.2) is 24.1 Å². The number of hydrogen-bond acceptors (Lipinski definition) is 4. The van der Waals surface area contributed by atoms with E-state index in [1.54, 1.807) is 12.1 Å². The Labute approximate surface area is 125 Å². The third-order valence-corrected chi connectivity index (χ3v) is 3.62. The van der Waals surface area contributed by atoms with Gasteiger partial charge < -0.3 is 9.47 Å². The molecule has 0 saturated carbocycles. The summed E-state index contributed by atoms with van der Waals surface area (Å²) in [5.41, 5.74) is 0.555. The van der Waals surface area contributed by atoms with Crippen LogP contribution in [0.2, 0.25) is 0 Å². The fourth-order valence-corrected chi connectivity index (χ4v) is 2.54. The number of carbonyl (C=O) groups excluding carboxylic acids is 2. The van der Waals surface area contributed by atoms with Crippen LogP contribution in [0.25, 0.3) is 0 Å². The fraction of sp³-hybridized carbons (Fsp3) is 0.529. The largest absolute Gasteiger partial charge is 0.463 e. The van der Waals surface area contributed by atoms with Crippen molar-refractivity contribution in [2.45, 2.75) is 57.7 Å². The lowest BCUT2D eigenvalue weighted by Crippen LogP contribution is -2.26. The van der Waals surface area contributed by atoms with Crippen LogP contribution in [0.1, 0.15) is 55.8 Å². The molecule has 2 rings (SSSR count). The zero-order valence-corrected chi connectivity index (χ0v) is 12.4. The minimum atomic E-state index is -0.309. The summed E-state index contributed by atoms with van der Waals surface area (Å²) in [7, 11) is 0. The first-order valence-electron chi connectivity index (χ1n) is 7.60. The third kappa shape index (κ3) is 5.21. The van der Waals surface area contributed by atoms with E-state index in [1.807, 2.05) is 25.1 Å². The Morgan fingerprint density at radius 2 is 1.95 bits per heavy atom. The Morgan fingerprint density at radius 3 is 2.71 bits per heavy atom. The van der Waals surface area contributed by atoms with Crippen molar-refractivity contribution in [3.05, 3.63) is 35.9 Å². The average molecular weight is 290 g/mol. The topological polar surface area (TPSA) is 52.6 Å². The number of rotatable bonds is 2. The maximum absolute atomic E-state index is 12.1. The summed E-state index contributed by atoms with van der Waals surface area (Å²) in [6.07, 6.45) is 4.21. The zero-order valence-electron chi connectivity index (χ0n) is 12.4. The molecule has 0 amide bonds. The van der Waals surface area contributed by atoms with Gasteiger partial charge in [0.15, 0.2) is 0 Å². The highest BCUT2D eigenvalue weighted by Crippen LogP contribution is 2.19. The second kappa shape index (κ2) is 7.81. The molecule has 1 saturated heterocycles. The van der Waals surface area contributed by atoms with Gasteiger partial charge in [-0.05, 0) is 38.3 Å². The molecule has 1 fully saturated rings. The minimum absolute atomic E-state index is 0.155. The van der Waals surface area contributed by atoms with Crippen molar-refractivity contribution < 1.29 is 19.1 Å². The molecule has 1 heterocycles. The zero-order chi connectivity index (χ0) is 15.1. The lowest BCUT2D eigenvalue weighted by molar-refractivity contribution is -0.149. The van der Waals surface area contributed by atoms with Crippen LogP contribution in [0.4, 0.5) is 0 Å². The Bertz CT molecular complexity index is 469. The summed E-state index contributed by atoms with van der Waals surface area (Å²) in [5.74, 6) is -0.464. The SMILES string of the molecule is CC1CC(OC(=O)c2ccccc2)CCCCCC(=O)O1. The number of benzene rings is 1. The highest BCUT2D eigenvalue weighted by atomic mass is 16.6. The summed E-state index contributed by atoms with van der Waals surface area (Å²) in [6.45, 7) is 1.85. The average Bonchev–Trinajstić information content (AvgIpc) is 2.47. The number of hydrogen-bond donors (Lipinski definition) is 0. The highest BCUT2D eigenvalue weighted by Gasteiger charge is 2.21. The predicted octanol–water partition coefficient (Wildman–Crippen LogP) is 3.50. The maximum Gasteiger partial charge on any atom is 0.338 e. The normalized spacial score (nSPS) is 24.0. The number of cyclic esters (lactones) is 1. The molecule has 1 aliphatic rings. The van der Waals surface area contributed by atoms with Gasteiger partial charge in [-0.15, -0.1) is 0 Å². The highest BCUT2D eigenvalue weighted by molar-refractivity contribution is 5.89. The van der Waals surface area contributed by atoms with E-state index in [1.165, 1.54) is 0 Å². The smallest absolute Gasteiger partial charge is 0.338 e. The number of carbonyl (C=O) groups is 2. The van der Waals surface area contributed by atoms with Crippen molar-refractivity contribution in [2.75, 3.05) is 0 Å². The van der Waals surface area contributed by atoms with Gasteiger partial charge in [0.2, 0.25) is 0 Å². The van der Waals surface area contributed by atoms with Crippen molar-refractivity contribution in [3.63, 3.8) is 0 Å². The molecule has 2 atom stereocenters. The third-order valence-electron chi connectivity index (χ3n) is 3.62.